The fraction of sp³-hybridized carbons (Fsp3) is 0. The van der Waals surface area contributed by atoms with E-state index in [0.29, 0.717) is 0 Å². The highest BCUT2D eigenvalue weighted by molar-refractivity contribution is 6.19. The van der Waals surface area contributed by atoms with Crippen molar-refractivity contribution >= 4 is 65.4 Å². The zero-order valence-corrected chi connectivity index (χ0v) is 21.5. The van der Waals surface area contributed by atoms with E-state index < -0.39 is 0 Å². The van der Waals surface area contributed by atoms with Gasteiger partial charge in [-0.3, -0.25) is 0 Å². The molecule has 186 valence electrons. The van der Waals surface area contributed by atoms with E-state index in [1.54, 1.807) is 0 Å². The van der Waals surface area contributed by atoms with Crippen molar-refractivity contribution in [2.24, 2.45) is 0 Å². The topological polar surface area (TPSA) is 26.3 Å². The fourth-order valence-corrected chi connectivity index (χ4v) is 6.43. The summed E-state index contributed by atoms with van der Waals surface area (Å²) in [6.07, 6.45) is 0. The van der Waals surface area contributed by atoms with Gasteiger partial charge in [0.2, 0.25) is 0 Å². The van der Waals surface area contributed by atoms with Gasteiger partial charge in [-0.05, 0) is 44.8 Å². The lowest BCUT2D eigenvalue weighted by molar-refractivity contribution is 0.665. The molecule has 0 atom stereocenters. The lowest BCUT2D eigenvalue weighted by Crippen LogP contribution is -1.82. The molecule has 0 saturated carbocycles. The zero-order chi connectivity index (χ0) is 26.2. The van der Waals surface area contributed by atoms with Crippen LogP contribution in [-0.2, 0) is 0 Å². The van der Waals surface area contributed by atoms with Gasteiger partial charge in [-0.25, -0.2) is 0 Å². The van der Waals surface area contributed by atoms with Crippen LogP contribution in [0, 0.1) is 0 Å². The number of benzene rings is 7. The van der Waals surface area contributed by atoms with Crippen LogP contribution < -0.4 is 0 Å². The third kappa shape index (κ3) is 2.99. The second kappa shape index (κ2) is 8.08. The number of rotatable bonds is 2. The third-order valence-electron chi connectivity index (χ3n) is 8.28. The average molecular weight is 511 g/mol. The van der Waals surface area contributed by atoms with Crippen LogP contribution in [0.3, 0.4) is 0 Å². The fourth-order valence-electron chi connectivity index (χ4n) is 6.43. The summed E-state index contributed by atoms with van der Waals surface area (Å²) >= 11 is 0. The number of hydrogen-bond acceptors (Lipinski definition) is 2. The van der Waals surface area contributed by atoms with Gasteiger partial charge in [0.15, 0.2) is 0 Å². The first-order valence-electron chi connectivity index (χ1n) is 13.6. The number of para-hydroxylation sites is 2. The highest BCUT2D eigenvalue weighted by Gasteiger charge is 2.18. The predicted molar refractivity (Wildman–Crippen MR) is 167 cm³/mol. The van der Waals surface area contributed by atoms with Gasteiger partial charge in [0, 0.05) is 32.7 Å². The quantitative estimate of drug-likeness (QED) is 0.231. The minimum absolute atomic E-state index is 0.869. The summed E-state index contributed by atoms with van der Waals surface area (Å²) in [5.41, 5.74) is 8.11. The first-order valence-corrected chi connectivity index (χ1v) is 13.6. The molecule has 7 aromatic carbocycles. The van der Waals surface area contributed by atoms with Crippen LogP contribution in [-0.4, -0.2) is 0 Å². The molecule has 2 nitrogen and oxygen atoms in total. The molecule has 0 spiro atoms. The van der Waals surface area contributed by atoms with E-state index >= 15 is 0 Å². The number of hydrogen-bond donors (Lipinski definition) is 0. The second-order valence-electron chi connectivity index (χ2n) is 10.5. The molecule has 0 aliphatic carbocycles. The van der Waals surface area contributed by atoms with Gasteiger partial charge in [-0.1, -0.05) is 121 Å². The summed E-state index contributed by atoms with van der Waals surface area (Å²) in [5.74, 6) is 0. The molecule has 0 aliphatic heterocycles. The Morgan fingerprint density at radius 1 is 0.300 bits per heavy atom. The Kier molecular flexibility index (Phi) is 4.36. The van der Waals surface area contributed by atoms with Crippen LogP contribution in [0.2, 0.25) is 0 Å². The zero-order valence-electron chi connectivity index (χ0n) is 21.5. The molecule has 9 aromatic rings. The largest absolute Gasteiger partial charge is 0.455 e. The highest BCUT2D eigenvalue weighted by Crippen LogP contribution is 2.43. The molecule has 2 heteroatoms. The molecule has 0 aliphatic rings. The van der Waals surface area contributed by atoms with Gasteiger partial charge in [-0.15, -0.1) is 0 Å². The van der Waals surface area contributed by atoms with Crippen molar-refractivity contribution in [2.75, 3.05) is 0 Å². The van der Waals surface area contributed by atoms with Crippen LogP contribution in [0.25, 0.3) is 87.7 Å². The molecule has 0 N–H and O–H groups in total. The van der Waals surface area contributed by atoms with Crippen LogP contribution in [0.5, 0.6) is 0 Å². The Morgan fingerprint density at radius 3 is 1.18 bits per heavy atom. The van der Waals surface area contributed by atoms with Crippen LogP contribution in [0.1, 0.15) is 0 Å². The maximum atomic E-state index is 6.64. The van der Waals surface area contributed by atoms with Gasteiger partial charge in [-0.2, -0.15) is 0 Å². The summed E-state index contributed by atoms with van der Waals surface area (Å²) in [7, 11) is 0. The molecule has 0 bridgehead atoms. The van der Waals surface area contributed by atoms with Gasteiger partial charge >= 0.3 is 0 Å². The van der Waals surface area contributed by atoms with Gasteiger partial charge in [0.05, 0.1) is 0 Å². The van der Waals surface area contributed by atoms with Crippen LogP contribution in [0.4, 0.5) is 0 Å². The van der Waals surface area contributed by atoms with Crippen LogP contribution >= 0.6 is 0 Å². The molecule has 0 unspecified atom stereocenters. The van der Waals surface area contributed by atoms with E-state index in [2.05, 4.69) is 133 Å². The Hall–Kier alpha value is -5.34. The van der Waals surface area contributed by atoms with E-state index in [-0.39, 0.29) is 0 Å². The Bertz CT molecular complexity index is 2250. The van der Waals surface area contributed by atoms with Gasteiger partial charge in [0.1, 0.15) is 22.3 Å². The monoisotopic (exact) mass is 510 g/mol. The molecular weight excluding hydrogens is 488 g/mol. The van der Waals surface area contributed by atoms with Crippen LogP contribution in [0.15, 0.2) is 142 Å². The molecule has 0 radical (unpaired) electrons. The van der Waals surface area contributed by atoms with Gasteiger partial charge in [0.25, 0.3) is 0 Å². The first kappa shape index (κ1) is 21.6. The average Bonchev–Trinajstić information content (AvgIpc) is 3.57. The Morgan fingerprint density at radius 2 is 0.675 bits per heavy atom. The molecule has 0 amide bonds. The maximum Gasteiger partial charge on any atom is 0.143 e. The van der Waals surface area contributed by atoms with E-state index in [0.717, 1.165) is 55.0 Å². The Labute approximate surface area is 229 Å². The lowest BCUT2D eigenvalue weighted by Gasteiger charge is -2.07. The highest BCUT2D eigenvalue weighted by atomic mass is 16.3. The minimum Gasteiger partial charge on any atom is -0.455 e. The summed E-state index contributed by atoms with van der Waals surface area (Å²) in [6.45, 7) is 0. The van der Waals surface area contributed by atoms with Crippen molar-refractivity contribution in [1.29, 1.82) is 0 Å². The third-order valence-corrected chi connectivity index (χ3v) is 8.28. The summed E-state index contributed by atoms with van der Waals surface area (Å²) in [4.78, 5) is 0. The first-order chi connectivity index (χ1) is 19.8. The number of fused-ring (bicyclic) bond motifs is 8. The normalized spacial score (nSPS) is 12.0. The second-order valence-corrected chi connectivity index (χ2v) is 10.5. The smallest absolute Gasteiger partial charge is 0.143 e. The van der Waals surface area contributed by atoms with Crippen molar-refractivity contribution in [3.8, 4) is 22.3 Å². The lowest BCUT2D eigenvalue weighted by atomic mass is 9.96. The summed E-state index contributed by atoms with van der Waals surface area (Å²) < 4.78 is 13.3. The minimum atomic E-state index is 0.869. The van der Waals surface area contributed by atoms with Crippen molar-refractivity contribution < 1.29 is 8.83 Å². The van der Waals surface area contributed by atoms with Crippen molar-refractivity contribution in [3.63, 3.8) is 0 Å². The number of furan rings is 2. The maximum absolute atomic E-state index is 6.64. The summed E-state index contributed by atoms with van der Waals surface area (Å²) in [5, 5.41) is 9.20. The molecule has 0 saturated heterocycles. The van der Waals surface area contributed by atoms with Gasteiger partial charge < -0.3 is 8.83 Å². The molecule has 0 fully saturated rings. The molecule has 2 aromatic heterocycles. The van der Waals surface area contributed by atoms with Crippen molar-refractivity contribution in [1.82, 2.24) is 0 Å². The predicted octanol–water partition coefficient (Wildman–Crippen LogP) is 11.1. The molecule has 2 heterocycles. The van der Waals surface area contributed by atoms with E-state index in [1.807, 2.05) is 0 Å². The van der Waals surface area contributed by atoms with Crippen molar-refractivity contribution in [2.45, 2.75) is 0 Å². The molecular formula is C38H22O2. The molecule has 9 rings (SSSR count). The van der Waals surface area contributed by atoms with E-state index in [9.17, 15) is 0 Å². The van der Waals surface area contributed by atoms with E-state index in [4.69, 9.17) is 8.83 Å². The Balaban J connectivity index is 1.30. The SMILES string of the molecule is c1ccc2c(-c3cccc4c3oc3cc5c(cc34)oc3c(-c4cccc6ccccc46)cccc35)cccc2c1. The molecule has 40 heavy (non-hydrogen) atoms. The van der Waals surface area contributed by atoms with E-state index in [1.165, 1.54) is 32.7 Å². The van der Waals surface area contributed by atoms with Crippen molar-refractivity contribution in [3.05, 3.63) is 133 Å². The summed E-state index contributed by atoms with van der Waals surface area (Å²) in [6, 6.07) is 47.1. The standard InChI is InChI=1S/C38H22O2/c1-3-13-25-23(9-1)11-5-15-27(25)29-17-7-19-31-33-21-36-34(22-35(33)39-37(29)31)32-20-8-18-30(38(32)40-36)28-16-6-12-24-10-2-4-14-26(24)28/h1-22H.